The van der Waals surface area contributed by atoms with Crippen LogP contribution in [0.4, 0.5) is 0 Å². The topological polar surface area (TPSA) is 74.7 Å². The van der Waals surface area contributed by atoms with Crippen molar-refractivity contribution in [2.45, 2.75) is 31.6 Å². The molecule has 0 atom stereocenters. The summed E-state index contributed by atoms with van der Waals surface area (Å²) < 4.78 is 27.2. The summed E-state index contributed by atoms with van der Waals surface area (Å²) in [5.74, 6) is -1.15. The average molecular weight is 376 g/mol. The van der Waals surface area contributed by atoms with Gasteiger partial charge < -0.3 is 5.11 Å². The molecule has 0 radical (unpaired) electrons. The van der Waals surface area contributed by atoms with Gasteiger partial charge in [0.15, 0.2) is 0 Å². The third-order valence-corrected chi connectivity index (χ3v) is 6.20. The maximum atomic E-state index is 12.7. The number of halogens is 1. The molecule has 0 saturated carbocycles. The molecule has 1 aliphatic rings. The fourth-order valence-corrected chi connectivity index (χ4v) is 4.66. The maximum Gasteiger partial charge on any atom is 0.336 e. The Kier molecular flexibility index (Phi) is 4.46. The van der Waals surface area contributed by atoms with Crippen LogP contribution in [0, 0.1) is 5.41 Å². The second kappa shape index (κ2) is 5.70. The van der Waals surface area contributed by atoms with Crippen LogP contribution >= 0.6 is 15.9 Å². The molecule has 0 unspecified atom stereocenters. The average Bonchev–Trinajstić information content (AvgIpc) is 2.37. The Bertz CT molecular complexity index is 670. The minimum atomic E-state index is -3.66. The Morgan fingerprint density at radius 3 is 2.62 bits per heavy atom. The quantitative estimate of drug-likeness (QED) is 0.880. The van der Waals surface area contributed by atoms with Crippen LogP contribution in [-0.4, -0.2) is 36.9 Å². The van der Waals surface area contributed by atoms with Gasteiger partial charge in [0, 0.05) is 17.6 Å². The lowest BCUT2D eigenvalue weighted by atomic mass is 9.85. The Hall–Kier alpha value is -0.920. The minimum absolute atomic E-state index is 0.0285. The van der Waals surface area contributed by atoms with Crippen molar-refractivity contribution in [3.8, 4) is 0 Å². The van der Waals surface area contributed by atoms with Gasteiger partial charge in [-0.25, -0.2) is 13.2 Å². The molecule has 0 aromatic heterocycles. The number of carboxylic acid groups (broad SMARTS) is 1. The van der Waals surface area contributed by atoms with E-state index in [4.69, 9.17) is 5.11 Å². The smallest absolute Gasteiger partial charge is 0.336 e. The van der Waals surface area contributed by atoms with Gasteiger partial charge in [-0.2, -0.15) is 4.31 Å². The Morgan fingerprint density at radius 1 is 1.38 bits per heavy atom. The van der Waals surface area contributed by atoms with Gasteiger partial charge in [0.2, 0.25) is 10.0 Å². The first-order valence-corrected chi connectivity index (χ1v) is 8.90. The van der Waals surface area contributed by atoms with E-state index in [0.29, 0.717) is 17.6 Å². The summed E-state index contributed by atoms with van der Waals surface area (Å²) >= 11 is 3.12. The van der Waals surface area contributed by atoms with Gasteiger partial charge in [-0.3, -0.25) is 0 Å². The molecule has 1 aliphatic heterocycles. The molecule has 1 fully saturated rings. The molecule has 0 bridgehead atoms. The van der Waals surface area contributed by atoms with Crippen molar-refractivity contribution < 1.29 is 18.3 Å². The molecule has 1 aromatic rings. The Balaban J connectivity index is 2.40. The minimum Gasteiger partial charge on any atom is -0.478 e. The van der Waals surface area contributed by atoms with Gasteiger partial charge in [0.25, 0.3) is 0 Å². The molecule has 5 nitrogen and oxygen atoms in total. The lowest BCUT2D eigenvalue weighted by Gasteiger charge is -2.37. The van der Waals surface area contributed by atoms with Gasteiger partial charge in [0.1, 0.15) is 0 Å². The monoisotopic (exact) mass is 375 g/mol. The van der Waals surface area contributed by atoms with Crippen LogP contribution in [0.3, 0.4) is 0 Å². The predicted molar refractivity (Wildman–Crippen MR) is 82.9 cm³/mol. The lowest BCUT2D eigenvalue weighted by Crippen LogP contribution is -2.43. The molecule has 116 valence electrons. The number of hydrogen-bond acceptors (Lipinski definition) is 3. The molecule has 1 heterocycles. The molecular weight excluding hydrogens is 358 g/mol. The molecule has 1 saturated heterocycles. The summed E-state index contributed by atoms with van der Waals surface area (Å²) in [7, 11) is -3.66. The fraction of sp³-hybridized carbons (Fsp3) is 0.500. The van der Waals surface area contributed by atoms with E-state index in [0.717, 1.165) is 12.8 Å². The molecule has 0 aliphatic carbocycles. The van der Waals surface area contributed by atoms with Crippen LogP contribution in [-0.2, 0) is 10.0 Å². The second-order valence-corrected chi connectivity index (χ2v) is 8.85. The van der Waals surface area contributed by atoms with E-state index in [2.05, 4.69) is 15.9 Å². The Labute approximate surface area is 133 Å². The third-order valence-electron chi connectivity index (χ3n) is 3.67. The van der Waals surface area contributed by atoms with Crippen molar-refractivity contribution in [3.05, 3.63) is 28.2 Å². The molecular formula is C14H18BrNO4S. The zero-order chi connectivity index (χ0) is 15.8. The number of benzene rings is 1. The summed E-state index contributed by atoms with van der Waals surface area (Å²) in [5, 5.41) is 9.11. The Morgan fingerprint density at radius 2 is 2.05 bits per heavy atom. The summed E-state index contributed by atoms with van der Waals surface area (Å²) in [6, 6.07) is 4.11. The standard InChI is InChI=1S/C14H18BrNO4S/c1-14(2)6-3-7-16(9-14)21(19,20)10-4-5-12(15)11(8-10)13(17)18/h4-5,8H,3,6-7,9H2,1-2H3,(H,17,18). The number of rotatable bonds is 3. The third kappa shape index (κ3) is 3.46. The zero-order valence-corrected chi connectivity index (χ0v) is 14.4. The van der Waals surface area contributed by atoms with E-state index >= 15 is 0 Å². The summed E-state index contributed by atoms with van der Waals surface area (Å²) in [6.45, 7) is 5.01. The van der Waals surface area contributed by atoms with Gasteiger partial charge in [-0.1, -0.05) is 13.8 Å². The van der Waals surface area contributed by atoms with Crippen LogP contribution in [0.2, 0.25) is 0 Å². The van der Waals surface area contributed by atoms with Gasteiger partial charge in [0.05, 0.1) is 10.5 Å². The molecule has 2 rings (SSSR count). The van der Waals surface area contributed by atoms with E-state index in [1.54, 1.807) is 0 Å². The highest BCUT2D eigenvalue weighted by Gasteiger charge is 2.34. The summed E-state index contributed by atoms with van der Waals surface area (Å²) in [6.07, 6.45) is 1.80. The van der Waals surface area contributed by atoms with E-state index in [1.165, 1.54) is 22.5 Å². The molecule has 1 aromatic carbocycles. The predicted octanol–water partition coefficient (Wildman–Crippen LogP) is 2.96. The highest BCUT2D eigenvalue weighted by molar-refractivity contribution is 9.10. The van der Waals surface area contributed by atoms with Gasteiger partial charge in [-0.05, 0) is 52.4 Å². The SMILES string of the molecule is CC1(C)CCCN(S(=O)(=O)c2ccc(Br)c(C(=O)O)c2)C1. The highest BCUT2D eigenvalue weighted by Crippen LogP contribution is 2.32. The molecule has 0 amide bonds. The van der Waals surface area contributed by atoms with Crippen LogP contribution in [0.25, 0.3) is 0 Å². The first kappa shape index (κ1) is 16.5. The number of nitrogens with zero attached hydrogens (tertiary/aromatic N) is 1. The van der Waals surface area contributed by atoms with Crippen molar-refractivity contribution >= 4 is 31.9 Å². The number of carboxylic acids is 1. The molecule has 1 N–H and O–H groups in total. The first-order valence-electron chi connectivity index (χ1n) is 6.66. The maximum absolute atomic E-state index is 12.7. The molecule has 0 spiro atoms. The fourth-order valence-electron chi connectivity index (χ4n) is 2.55. The van der Waals surface area contributed by atoms with Crippen molar-refractivity contribution in [2.75, 3.05) is 13.1 Å². The van der Waals surface area contributed by atoms with Crippen molar-refractivity contribution in [2.24, 2.45) is 5.41 Å². The number of piperidine rings is 1. The van der Waals surface area contributed by atoms with Crippen molar-refractivity contribution in [1.29, 1.82) is 0 Å². The van der Waals surface area contributed by atoms with Crippen LogP contribution in [0.15, 0.2) is 27.6 Å². The number of hydrogen-bond donors (Lipinski definition) is 1. The molecule has 21 heavy (non-hydrogen) atoms. The van der Waals surface area contributed by atoms with Crippen LogP contribution in [0.5, 0.6) is 0 Å². The van der Waals surface area contributed by atoms with Gasteiger partial charge in [-0.15, -0.1) is 0 Å². The largest absolute Gasteiger partial charge is 0.478 e. The second-order valence-electron chi connectivity index (χ2n) is 6.05. The molecule has 7 heteroatoms. The van der Waals surface area contributed by atoms with Crippen LogP contribution in [0.1, 0.15) is 37.0 Å². The number of aromatic carboxylic acids is 1. The van der Waals surface area contributed by atoms with Crippen LogP contribution < -0.4 is 0 Å². The highest BCUT2D eigenvalue weighted by atomic mass is 79.9. The first-order chi connectivity index (χ1) is 9.63. The summed E-state index contributed by atoms with van der Waals surface area (Å²) in [4.78, 5) is 11.2. The van der Waals surface area contributed by atoms with E-state index in [-0.39, 0.29) is 15.9 Å². The van der Waals surface area contributed by atoms with E-state index < -0.39 is 16.0 Å². The number of carbonyl (C=O) groups is 1. The van der Waals surface area contributed by atoms with Crippen molar-refractivity contribution in [1.82, 2.24) is 4.31 Å². The normalized spacial score (nSPS) is 19.4. The number of sulfonamides is 1. The zero-order valence-electron chi connectivity index (χ0n) is 12.0. The van der Waals surface area contributed by atoms with Crippen molar-refractivity contribution in [3.63, 3.8) is 0 Å². The van der Waals surface area contributed by atoms with Gasteiger partial charge >= 0.3 is 5.97 Å². The lowest BCUT2D eigenvalue weighted by molar-refractivity contribution is 0.0695. The van der Waals surface area contributed by atoms with E-state index in [9.17, 15) is 13.2 Å². The van der Waals surface area contributed by atoms with E-state index in [1.807, 2.05) is 13.8 Å². The summed E-state index contributed by atoms with van der Waals surface area (Å²) in [5.41, 5.74) is -0.108.